The fourth-order valence-electron chi connectivity index (χ4n) is 2.73. The van der Waals surface area contributed by atoms with Gasteiger partial charge < -0.3 is 14.4 Å². The number of ether oxygens (including phenoxy) is 2. The molecule has 138 valence electrons. The predicted octanol–water partition coefficient (Wildman–Crippen LogP) is 3.75. The first-order valence-electron chi connectivity index (χ1n) is 8.62. The number of rotatable bonds is 5. The van der Waals surface area contributed by atoms with E-state index in [4.69, 9.17) is 9.47 Å². The van der Waals surface area contributed by atoms with Gasteiger partial charge in [0.15, 0.2) is 6.61 Å². The van der Waals surface area contributed by atoms with E-state index in [9.17, 15) is 10.1 Å². The minimum Gasteiger partial charge on any atom is -0.483 e. The highest BCUT2D eigenvalue weighted by molar-refractivity contribution is 9.10. The van der Waals surface area contributed by atoms with Crippen molar-refractivity contribution in [2.45, 2.75) is 0 Å². The van der Waals surface area contributed by atoms with Crippen LogP contribution in [-0.4, -0.2) is 43.7 Å². The Morgan fingerprint density at radius 3 is 2.63 bits per heavy atom. The molecule has 0 bridgehead atoms. The van der Waals surface area contributed by atoms with Crippen LogP contribution in [0.25, 0.3) is 11.6 Å². The second-order valence-corrected chi connectivity index (χ2v) is 6.86. The van der Waals surface area contributed by atoms with Gasteiger partial charge in [-0.1, -0.05) is 36.4 Å². The normalized spacial score (nSPS) is 14.5. The third-order valence-corrected chi connectivity index (χ3v) is 4.81. The topological polar surface area (TPSA) is 62.6 Å². The van der Waals surface area contributed by atoms with Crippen LogP contribution in [0.3, 0.4) is 0 Å². The lowest BCUT2D eigenvalue weighted by Crippen LogP contribution is -2.43. The summed E-state index contributed by atoms with van der Waals surface area (Å²) in [7, 11) is 0. The van der Waals surface area contributed by atoms with Gasteiger partial charge in [0.25, 0.3) is 5.91 Å². The summed E-state index contributed by atoms with van der Waals surface area (Å²) >= 11 is 3.48. The molecule has 0 radical (unpaired) electrons. The zero-order valence-electron chi connectivity index (χ0n) is 14.7. The fourth-order valence-corrected chi connectivity index (χ4v) is 3.24. The van der Waals surface area contributed by atoms with E-state index in [1.165, 1.54) is 0 Å². The number of hydrogen-bond donors (Lipinski definition) is 0. The molecule has 2 aromatic rings. The van der Waals surface area contributed by atoms with Crippen LogP contribution in [0, 0.1) is 11.3 Å². The van der Waals surface area contributed by atoms with Gasteiger partial charge in [-0.2, -0.15) is 5.26 Å². The molecule has 5 nitrogen and oxygen atoms in total. The van der Waals surface area contributed by atoms with Gasteiger partial charge in [0.2, 0.25) is 0 Å². The average Bonchev–Trinajstić information content (AvgIpc) is 2.72. The molecule has 1 amide bonds. The van der Waals surface area contributed by atoms with Gasteiger partial charge in [0.1, 0.15) is 5.75 Å². The summed E-state index contributed by atoms with van der Waals surface area (Å²) < 4.78 is 11.6. The molecule has 0 aliphatic carbocycles. The molecule has 1 fully saturated rings. The maximum Gasteiger partial charge on any atom is 0.260 e. The molecule has 6 heteroatoms. The molecular formula is C21H19BrN2O3. The van der Waals surface area contributed by atoms with E-state index >= 15 is 0 Å². The van der Waals surface area contributed by atoms with Gasteiger partial charge in [0, 0.05) is 13.1 Å². The molecule has 0 atom stereocenters. The van der Waals surface area contributed by atoms with Crippen LogP contribution >= 0.6 is 15.9 Å². The van der Waals surface area contributed by atoms with Crippen molar-refractivity contribution in [2.75, 3.05) is 32.9 Å². The Balaban J connectivity index is 1.67. The molecule has 0 saturated carbocycles. The third kappa shape index (κ3) is 5.19. The van der Waals surface area contributed by atoms with Crippen LogP contribution in [0.2, 0.25) is 0 Å². The van der Waals surface area contributed by atoms with E-state index in [1.54, 1.807) is 11.0 Å². The Bertz CT molecular complexity index is 869. The number of hydrogen-bond acceptors (Lipinski definition) is 4. The molecular weight excluding hydrogens is 408 g/mol. The fraction of sp³-hybridized carbons (Fsp3) is 0.238. The molecule has 27 heavy (non-hydrogen) atoms. The zero-order chi connectivity index (χ0) is 19.1. The van der Waals surface area contributed by atoms with Crippen LogP contribution in [0.1, 0.15) is 11.1 Å². The summed E-state index contributed by atoms with van der Waals surface area (Å²) in [4.78, 5) is 13.9. The van der Waals surface area contributed by atoms with Gasteiger partial charge in [0.05, 0.1) is 29.3 Å². The SMILES string of the molecule is N#CC(=Cc1ccc(OCC(=O)N2CCOCC2)c(Br)c1)c1ccccc1. The zero-order valence-corrected chi connectivity index (χ0v) is 16.3. The third-order valence-electron chi connectivity index (χ3n) is 4.19. The number of nitriles is 1. The van der Waals surface area contributed by atoms with Crippen molar-refractivity contribution < 1.29 is 14.3 Å². The first-order valence-corrected chi connectivity index (χ1v) is 9.42. The smallest absolute Gasteiger partial charge is 0.260 e. The van der Waals surface area contributed by atoms with Gasteiger partial charge >= 0.3 is 0 Å². The summed E-state index contributed by atoms with van der Waals surface area (Å²) in [5.41, 5.74) is 2.32. The van der Waals surface area contributed by atoms with E-state index in [0.717, 1.165) is 15.6 Å². The number of carbonyl (C=O) groups is 1. The largest absolute Gasteiger partial charge is 0.483 e. The minimum absolute atomic E-state index is 0.0127. The monoisotopic (exact) mass is 426 g/mol. The quantitative estimate of drug-likeness (QED) is 0.539. The Hall–Kier alpha value is -2.62. The minimum atomic E-state index is -0.0509. The van der Waals surface area contributed by atoms with Crippen molar-refractivity contribution in [3.8, 4) is 11.8 Å². The lowest BCUT2D eigenvalue weighted by atomic mass is 10.0. The number of benzene rings is 2. The molecule has 0 spiro atoms. The molecule has 3 rings (SSSR count). The first-order chi connectivity index (χ1) is 13.2. The summed E-state index contributed by atoms with van der Waals surface area (Å²) in [6.45, 7) is 2.33. The summed E-state index contributed by atoms with van der Waals surface area (Å²) in [6, 6.07) is 17.3. The van der Waals surface area contributed by atoms with E-state index in [-0.39, 0.29) is 12.5 Å². The maximum absolute atomic E-state index is 12.2. The lowest BCUT2D eigenvalue weighted by molar-refractivity contribution is -0.137. The molecule has 1 saturated heterocycles. The number of halogens is 1. The summed E-state index contributed by atoms with van der Waals surface area (Å²) in [5.74, 6) is 0.539. The van der Waals surface area contributed by atoms with E-state index in [2.05, 4.69) is 22.0 Å². The van der Waals surface area contributed by atoms with Crippen LogP contribution in [0.5, 0.6) is 5.75 Å². The molecule has 1 aliphatic heterocycles. The van der Waals surface area contributed by atoms with Crippen molar-refractivity contribution in [3.63, 3.8) is 0 Å². The van der Waals surface area contributed by atoms with Crippen molar-refractivity contribution in [2.24, 2.45) is 0 Å². The first kappa shape index (κ1) is 19.2. The molecule has 0 N–H and O–H groups in total. The van der Waals surface area contributed by atoms with Gasteiger partial charge in [-0.3, -0.25) is 4.79 Å². The van der Waals surface area contributed by atoms with Gasteiger partial charge in [-0.15, -0.1) is 0 Å². The molecule has 0 aromatic heterocycles. The van der Waals surface area contributed by atoms with Crippen molar-refractivity contribution >= 4 is 33.5 Å². The maximum atomic E-state index is 12.2. The number of nitrogens with zero attached hydrogens (tertiary/aromatic N) is 2. The highest BCUT2D eigenvalue weighted by atomic mass is 79.9. The number of allylic oxidation sites excluding steroid dienone is 1. The van der Waals surface area contributed by atoms with Crippen molar-refractivity contribution in [1.82, 2.24) is 4.90 Å². The summed E-state index contributed by atoms with van der Waals surface area (Å²) in [5, 5.41) is 9.43. The highest BCUT2D eigenvalue weighted by Crippen LogP contribution is 2.28. The van der Waals surface area contributed by atoms with Crippen molar-refractivity contribution in [1.29, 1.82) is 5.26 Å². The second kappa shape index (κ2) is 9.36. The highest BCUT2D eigenvalue weighted by Gasteiger charge is 2.17. The number of amides is 1. The van der Waals surface area contributed by atoms with Gasteiger partial charge in [-0.05, 0) is 45.3 Å². The molecule has 0 unspecified atom stereocenters. The van der Waals surface area contributed by atoms with Crippen molar-refractivity contribution in [3.05, 3.63) is 64.1 Å². The van der Waals surface area contributed by atoms with Crippen LogP contribution < -0.4 is 4.74 Å². The standard InChI is InChI=1S/C21H19BrN2O3/c22-19-13-16(12-18(14-23)17-4-2-1-3-5-17)6-7-20(19)27-15-21(25)24-8-10-26-11-9-24/h1-7,12-13H,8-11,15H2. The summed E-state index contributed by atoms with van der Waals surface area (Å²) in [6.07, 6.45) is 1.82. The molecule has 1 heterocycles. The second-order valence-electron chi connectivity index (χ2n) is 6.01. The average molecular weight is 427 g/mol. The van der Waals surface area contributed by atoms with Gasteiger partial charge in [-0.25, -0.2) is 0 Å². The van der Waals surface area contributed by atoms with Crippen LogP contribution in [-0.2, 0) is 9.53 Å². The Morgan fingerprint density at radius 2 is 1.96 bits per heavy atom. The Morgan fingerprint density at radius 1 is 1.22 bits per heavy atom. The van der Waals surface area contributed by atoms with E-state index in [0.29, 0.717) is 37.6 Å². The predicted molar refractivity (Wildman–Crippen MR) is 107 cm³/mol. The Kier molecular flexibility index (Phi) is 6.64. The molecule has 2 aromatic carbocycles. The van der Waals surface area contributed by atoms with Crippen LogP contribution in [0.15, 0.2) is 53.0 Å². The number of carbonyl (C=O) groups excluding carboxylic acids is 1. The van der Waals surface area contributed by atoms with Crippen LogP contribution in [0.4, 0.5) is 0 Å². The number of morpholine rings is 1. The van der Waals surface area contributed by atoms with E-state index in [1.807, 2.05) is 48.5 Å². The Labute approximate surface area is 166 Å². The lowest BCUT2D eigenvalue weighted by Gasteiger charge is -2.26. The van der Waals surface area contributed by atoms with E-state index < -0.39 is 0 Å². The molecule has 1 aliphatic rings.